The molecule has 0 bridgehead atoms. The second-order valence-corrected chi connectivity index (χ2v) is 7.52. The second kappa shape index (κ2) is 8.34. The van der Waals surface area contributed by atoms with Crippen LogP contribution in [0.5, 0.6) is 0 Å². The molecule has 23 heavy (non-hydrogen) atoms. The van der Waals surface area contributed by atoms with Crippen LogP contribution in [0.25, 0.3) is 0 Å². The van der Waals surface area contributed by atoms with E-state index in [1.165, 1.54) is 16.7 Å². The molecule has 0 aliphatic heterocycles. The van der Waals surface area contributed by atoms with Gasteiger partial charge in [-0.1, -0.05) is 25.1 Å². The maximum atomic E-state index is 11.9. The number of ether oxygens (including phenoxy) is 1. The number of amides is 1. The van der Waals surface area contributed by atoms with Gasteiger partial charge < -0.3 is 15.0 Å². The summed E-state index contributed by atoms with van der Waals surface area (Å²) in [5.74, 6) is 0.360. The van der Waals surface area contributed by atoms with Crippen molar-refractivity contribution in [2.45, 2.75) is 53.7 Å². The summed E-state index contributed by atoms with van der Waals surface area (Å²) in [4.78, 5) is 13.6. The van der Waals surface area contributed by atoms with Gasteiger partial charge in [-0.3, -0.25) is 0 Å². The average Bonchev–Trinajstić information content (AvgIpc) is 2.40. The van der Waals surface area contributed by atoms with Crippen molar-refractivity contribution in [2.24, 2.45) is 5.92 Å². The first-order valence-electron chi connectivity index (χ1n) is 8.29. The molecule has 1 amide bonds. The Hall–Kier alpha value is -1.55. The zero-order valence-electron chi connectivity index (χ0n) is 15.7. The molecule has 0 saturated carbocycles. The van der Waals surface area contributed by atoms with Crippen LogP contribution in [0.15, 0.2) is 18.2 Å². The molecule has 1 rings (SSSR count). The number of nitrogens with one attached hydrogen (secondary N) is 1. The van der Waals surface area contributed by atoms with Crippen LogP contribution in [-0.4, -0.2) is 36.7 Å². The third kappa shape index (κ3) is 7.51. The lowest BCUT2D eigenvalue weighted by Gasteiger charge is -2.26. The Morgan fingerprint density at radius 1 is 1.26 bits per heavy atom. The lowest BCUT2D eigenvalue weighted by atomic mass is 10.1. The van der Waals surface area contributed by atoms with Crippen molar-refractivity contribution in [1.82, 2.24) is 10.2 Å². The summed E-state index contributed by atoms with van der Waals surface area (Å²) in [5, 5.41) is 3.46. The van der Waals surface area contributed by atoms with Gasteiger partial charge in [0, 0.05) is 20.1 Å². The third-order valence-corrected chi connectivity index (χ3v) is 3.68. The highest BCUT2D eigenvalue weighted by Crippen LogP contribution is 2.11. The first-order valence-corrected chi connectivity index (χ1v) is 8.29. The molecule has 0 saturated heterocycles. The second-order valence-electron chi connectivity index (χ2n) is 7.52. The molecule has 0 aromatic heterocycles. The van der Waals surface area contributed by atoms with Crippen LogP contribution in [0.1, 0.15) is 44.4 Å². The summed E-state index contributed by atoms with van der Waals surface area (Å²) >= 11 is 0. The van der Waals surface area contributed by atoms with Crippen LogP contribution >= 0.6 is 0 Å². The van der Waals surface area contributed by atoms with E-state index in [4.69, 9.17) is 4.74 Å². The van der Waals surface area contributed by atoms with Crippen molar-refractivity contribution in [1.29, 1.82) is 0 Å². The number of nitrogens with zero attached hydrogens (tertiary/aromatic N) is 1. The van der Waals surface area contributed by atoms with E-state index >= 15 is 0 Å². The van der Waals surface area contributed by atoms with Gasteiger partial charge >= 0.3 is 6.09 Å². The average molecular weight is 320 g/mol. The molecule has 0 heterocycles. The molecule has 1 aromatic rings. The summed E-state index contributed by atoms with van der Waals surface area (Å²) in [6, 6.07) is 6.54. The minimum Gasteiger partial charge on any atom is -0.444 e. The SMILES string of the molecule is Cc1ccc(CNCC(C)CN(C)C(=O)OC(C)(C)C)cc1C. The third-order valence-electron chi connectivity index (χ3n) is 3.68. The van der Waals surface area contributed by atoms with Gasteiger partial charge in [0.05, 0.1) is 0 Å². The normalized spacial score (nSPS) is 12.8. The first kappa shape index (κ1) is 19.5. The first-order chi connectivity index (χ1) is 10.6. The van der Waals surface area contributed by atoms with Crippen LogP contribution in [-0.2, 0) is 11.3 Å². The Bertz CT molecular complexity index is 521. The van der Waals surface area contributed by atoms with E-state index in [0.717, 1.165) is 13.1 Å². The van der Waals surface area contributed by atoms with Crippen molar-refractivity contribution in [2.75, 3.05) is 20.1 Å². The van der Waals surface area contributed by atoms with Crippen LogP contribution in [0, 0.1) is 19.8 Å². The summed E-state index contributed by atoms with van der Waals surface area (Å²) in [5.41, 5.74) is 3.49. The van der Waals surface area contributed by atoms with Crippen molar-refractivity contribution < 1.29 is 9.53 Å². The van der Waals surface area contributed by atoms with E-state index in [9.17, 15) is 4.79 Å². The largest absolute Gasteiger partial charge is 0.444 e. The molecule has 1 N–H and O–H groups in total. The predicted molar refractivity (Wildman–Crippen MR) is 95.7 cm³/mol. The van der Waals surface area contributed by atoms with Crippen LogP contribution < -0.4 is 5.32 Å². The fourth-order valence-electron chi connectivity index (χ4n) is 2.32. The lowest BCUT2D eigenvalue weighted by molar-refractivity contribution is 0.0277. The van der Waals surface area contributed by atoms with E-state index in [1.54, 1.807) is 11.9 Å². The molecule has 0 spiro atoms. The van der Waals surface area contributed by atoms with Crippen molar-refractivity contribution in [3.05, 3.63) is 34.9 Å². The number of hydrogen-bond donors (Lipinski definition) is 1. The fourth-order valence-corrected chi connectivity index (χ4v) is 2.32. The Morgan fingerprint density at radius 2 is 1.91 bits per heavy atom. The molecular weight excluding hydrogens is 288 g/mol. The van der Waals surface area contributed by atoms with Crippen LogP contribution in [0.2, 0.25) is 0 Å². The summed E-state index contributed by atoms with van der Waals surface area (Å²) in [7, 11) is 1.79. The van der Waals surface area contributed by atoms with E-state index in [-0.39, 0.29) is 6.09 Å². The fraction of sp³-hybridized carbons (Fsp3) is 0.632. The Balaban J connectivity index is 2.34. The van der Waals surface area contributed by atoms with E-state index < -0.39 is 5.60 Å². The minimum atomic E-state index is -0.448. The number of aryl methyl sites for hydroxylation is 2. The lowest BCUT2D eigenvalue weighted by Crippen LogP contribution is -2.38. The maximum absolute atomic E-state index is 11.9. The predicted octanol–water partition coefficient (Wildman–Crippen LogP) is 3.90. The molecule has 1 atom stereocenters. The Labute approximate surface area is 141 Å². The van der Waals surface area contributed by atoms with Gasteiger partial charge in [-0.15, -0.1) is 0 Å². The van der Waals surface area contributed by atoms with Crippen molar-refractivity contribution >= 4 is 6.09 Å². The van der Waals surface area contributed by atoms with Gasteiger partial charge in [0.15, 0.2) is 0 Å². The number of carbonyl (C=O) groups is 1. The standard InChI is InChI=1S/C19H32N2O2/c1-14(13-21(7)18(22)23-19(4,5)6)11-20-12-17-9-8-15(2)16(3)10-17/h8-10,14,20H,11-13H2,1-7H3. The highest BCUT2D eigenvalue weighted by Gasteiger charge is 2.20. The number of rotatable bonds is 6. The summed E-state index contributed by atoms with van der Waals surface area (Å²) in [6.07, 6.45) is -0.265. The maximum Gasteiger partial charge on any atom is 0.410 e. The van der Waals surface area contributed by atoms with E-state index in [1.807, 2.05) is 20.8 Å². The Kier molecular flexibility index (Phi) is 7.07. The minimum absolute atomic E-state index is 0.265. The summed E-state index contributed by atoms with van der Waals surface area (Å²) in [6.45, 7) is 14.4. The highest BCUT2D eigenvalue weighted by atomic mass is 16.6. The van der Waals surface area contributed by atoms with E-state index in [0.29, 0.717) is 12.5 Å². The monoisotopic (exact) mass is 320 g/mol. The number of hydrogen-bond acceptors (Lipinski definition) is 3. The van der Waals surface area contributed by atoms with E-state index in [2.05, 4.69) is 44.3 Å². The zero-order chi connectivity index (χ0) is 17.6. The molecule has 1 unspecified atom stereocenters. The van der Waals surface area contributed by atoms with Gasteiger partial charge in [0.2, 0.25) is 0 Å². The molecule has 4 heteroatoms. The molecule has 0 fully saturated rings. The van der Waals surface area contributed by atoms with Crippen molar-refractivity contribution in [3.63, 3.8) is 0 Å². The smallest absolute Gasteiger partial charge is 0.410 e. The van der Waals surface area contributed by atoms with Crippen LogP contribution in [0.3, 0.4) is 0 Å². The highest BCUT2D eigenvalue weighted by molar-refractivity contribution is 5.67. The molecule has 0 aliphatic carbocycles. The number of carbonyl (C=O) groups excluding carboxylic acids is 1. The van der Waals surface area contributed by atoms with Gasteiger partial charge in [-0.05, 0) is 63.8 Å². The Morgan fingerprint density at radius 3 is 2.48 bits per heavy atom. The molecule has 130 valence electrons. The molecule has 1 aromatic carbocycles. The molecule has 0 radical (unpaired) electrons. The molecular formula is C19H32N2O2. The van der Waals surface area contributed by atoms with Crippen LogP contribution in [0.4, 0.5) is 4.79 Å². The number of benzene rings is 1. The molecule has 0 aliphatic rings. The summed E-state index contributed by atoms with van der Waals surface area (Å²) < 4.78 is 5.37. The van der Waals surface area contributed by atoms with Gasteiger partial charge in [-0.25, -0.2) is 4.79 Å². The quantitative estimate of drug-likeness (QED) is 0.864. The molecule has 4 nitrogen and oxygen atoms in total. The van der Waals surface area contributed by atoms with Crippen molar-refractivity contribution in [3.8, 4) is 0 Å². The zero-order valence-corrected chi connectivity index (χ0v) is 15.7. The van der Waals surface area contributed by atoms with Gasteiger partial charge in [-0.2, -0.15) is 0 Å². The van der Waals surface area contributed by atoms with Gasteiger partial charge in [0.25, 0.3) is 0 Å². The van der Waals surface area contributed by atoms with Gasteiger partial charge in [0.1, 0.15) is 5.60 Å². The topological polar surface area (TPSA) is 41.6 Å².